The highest BCUT2D eigenvalue weighted by molar-refractivity contribution is 5.78. The van der Waals surface area contributed by atoms with E-state index in [0.717, 1.165) is 43.4 Å². The Hall–Kier alpha value is -1.59. The molecular formula is C19H28N2O3. The number of hydrogen-bond donors (Lipinski definition) is 2. The van der Waals surface area contributed by atoms with E-state index < -0.39 is 0 Å². The third-order valence-corrected chi connectivity index (χ3v) is 5.38. The van der Waals surface area contributed by atoms with Gasteiger partial charge in [-0.1, -0.05) is 18.2 Å². The number of ether oxygens (including phenoxy) is 1. The van der Waals surface area contributed by atoms with Crippen LogP contribution in [0.1, 0.15) is 43.7 Å². The first-order chi connectivity index (χ1) is 11.7. The van der Waals surface area contributed by atoms with E-state index in [1.165, 1.54) is 0 Å². The van der Waals surface area contributed by atoms with Gasteiger partial charge in [-0.3, -0.25) is 9.69 Å². The van der Waals surface area contributed by atoms with Gasteiger partial charge in [0, 0.05) is 24.6 Å². The Morgan fingerprint density at radius 2 is 2.00 bits per heavy atom. The molecule has 1 fully saturated rings. The van der Waals surface area contributed by atoms with Crippen LogP contribution in [-0.4, -0.2) is 48.8 Å². The average molecular weight is 332 g/mol. The number of para-hydroxylation sites is 1. The maximum atomic E-state index is 12.5. The minimum Gasteiger partial charge on any atom is -0.493 e. The number of carbonyl (C=O) groups is 1. The van der Waals surface area contributed by atoms with Crippen molar-refractivity contribution in [2.45, 2.75) is 44.2 Å². The first-order valence-corrected chi connectivity index (χ1v) is 8.99. The van der Waals surface area contributed by atoms with E-state index in [1.54, 1.807) is 0 Å². The molecule has 24 heavy (non-hydrogen) atoms. The number of carbonyl (C=O) groups excluding carboxylic acids is 1. The van der Waals surface area contributed by atoms with Crippen LogP contribution in [0.2, 0.25) is 0 Å². The molecule has 2 N–H and O–H groups in total. The van der Waals surface area contributed by atoms with Gasteiger partial charge in [0.15, 0.2) is 0 Å². The molecule has 5 nitrogen and oxygen atoms in total. The van der Waals surface area contributed by atoms with Crippen LogP contribution in [0.5, 0.6) is 5.75 Å². The van der Waals surface area contributed by atoms with Gasteiger partial charge in [0.05, 0.1) is 19.2 Å². The van der Waals surface area contributed by atoms with Gasteiger partial charge in [0.25, 0.3) is 0 Å². The van der Waals surface area contributed by atoms with Crippen LogP contribution in [0.3, 0.4) is 0 Å². The summed E-state index contributed by atoms with van der Waals surface area (Å²) < 4.78 is 5.65. The fraction of sp³-hybridized carbons (Fsp3) is 0.632. The molecule has 1 atom stereocenters. The van der Waals surface area contributed by atoms with Crippen LogP contribution in [0.4, 0.5) is 0 Å². The standard InChI is InChI=1S/C19H28N2O3/c1-21(15-8-6-14(13-22)7-9-15)12-19(23)20-17-10-11-24-18-5-3-2-4-16(17)18/h2-5,14-15,17,22H,6-13H2,1H3,(H,20,23). The molecular weight excluding hydrogens is 304 g/mol. The summed E-state index contributed by atoms with van der Waals surface area (Å²) in [6, 6.07) is 8.41. The monoisotopic (exact) mass is 332 g/mol. The summed E-state index contributed by atoms with van der Waals surface area (Å²) in [4.78, 5) is 14.6. The number of aliphatic hydroxyl groups is 1. The lowest BCUT2D eigenvalue weighted by Crippen LogP contribution is -2.43. The second-order valence-electron chi connectivity index (χ2n) is 7.07. The van der Waals surface area contributed by atoms with E-state index in [0.29, 0.717) is 31.7 Å². The summed E-state index contributed by atoms with van der Waals surface area (Å²) in [5, 5.41) is 12.4. The predicted octanol–water partition coefficient (Wildman–Crippen LogP) is 2.11. The van der Waals surface area contributed by atoms with Gasteiger partial charge >= 0.3 is 0 Å². The van der Waals surface area contributed by atoms with E-state index in [-0.39, 0.29) is 11.9 Å². The maximum Gasteiger partial charge on any atom is 0.234 e. The molecule has 1 aliphatic carbocycles. The highest BCUT2D eigenvalue weighted by Crippen LogP contribution is 2.31. The van der Waals surface area contributed by atoms with E-state index >= 15 is 0 Å². The topological polar surface area (TPSA) is 61.8 Å². The van der Waals surface area contributed by atoms with E-state index in [4.69, 9.17) is 4.74 Å². The van der Waals surface area contributed by atoms with Crippen molar-refractivity contribution in [1.82, 2.24) is 10.2 Å². The normalized spacial score (nSPS) is 26.5. The molecule has 1 aromatic carbocycles. The van der Waals surface area contributed by atoms with Crippen molar-refractivity contribution in [2.75, 3.05) is 26.8 Å². The molecule has 0 radical (unpaired) electrons. The van der Waals surface area contributed by atoms with Crippen molar-refractivity contribution in [2.24, 2.45) is 5.92 Å². The molecule has 5 heteroatoms. The van der Waals surface area contributed by atoms with Crippen LogP contribution < -0.4 is 10.1 Å². The lowest BCUT2D eigenvalue weighted by atomic mass is 9.86. The molecule has 0 aromatic heterocycles. The molecule has 0 spiro atoms. The first-order valence-electron chi connectivity index (χ1n) is 8.99. The third kappa shape index (κ3) is 4.08. The van der Waals surface area contributed by atoms with Crippen molar-refractivity contribution < 1.29 is 14.6 Å². The molecule has 1 amide bonds. The lowest BCUT2D eigenvalue weighted by molar-refractivity contribution is -0.123. The summed E-state index contributed by atoms with van der Waals surface area (Å²) in [6.45, 7) is 1.36. The van der Waals surface area contributed by atoms with Crippen LogP contribution in [-0.2, 0) is 4.79 Å². The zero-order valence-electron chi connectivity index (χ0n) is 14.4. The number of nitrogens with zero attached hydrogens (tertiary/aromatic N) is 1. The van der Waals surface area contributed by atoms with Crippen LogP contribution >= 0.6 is 0 Å². The number of hydrogen-bond acceptors (Lipinski definition) is 4. The van der Waals surface area contributed by atoms with Gasteiger partial charge in [0.1, 0.15) is 5.75 Å². The summed E-state index contributed by atoms with van der Waals surface area (Å²) in [6.07, 6.45) is 5.05. The Morgan fingerprint density at radius 1 is 1.25 bits per heavy atom. The number of aliphatic hydroxyl groups excluding tert-OH is 1. The minimum atomic E-state index is 0.0426. The minimum absolute atomic E-state index is 0.0426. The van der Waals surface area contributed by atoms with Gasteiger partial charge in [-0.05, 0) is 44.7 Å². The van der Waals surface area contributed by atoms with Crippen molar-refractivity contribution in [3.8, 4) is 5.75 Å². The fourth-order valence-corrected chi connectivity index (χ4v) is 3.86. The van der Waals surface area contributed by atoms with Crippen molar-refractivity contribution >= 4 is 5.91 Å². The number of benzene rings is 1. The smallest absolute Gasteiger partial charge is 0.234 e. The lowest BCUT2D eigenvalue weighted by Gasteiger charge is -2.34. The second-order valence-corrected chi connectivity index (χ2v) is 7.07. The number of fused-ring (bicyclic) bond motifs is 1. The van der Waals surface area contributed by atoms with Gasteiger partial charge in [0.2, 0.25) is 5.91 Å². The largest absolute Gasteiger partial charge is 0.493 e. The molecule has 0 saturated heterocycles. The summed E-state index contributed by atoms with van der Waals surface area (Å²) in [5.41, 5.74) is 1.07. The third-order valence-electron chi connectivity index (χ3n) is 5.38. The molecule has 0 bridgehead atoms. The highest BCUT2D eigenvalue weighted by Gasteiger charge is 2.26. The second kappa shape index (κ2) is 7.99. The zero-order chi connectivity index (χ0) is 16.9. The Kier molecular flexibility index (Phi) is 5.74. The summed E-state index contributed by atoms with van der Waals surface area (Å²) in [5.74, 6) is 1.40. The van der Waals surface area contributed by atoms with E-state index in [2.05, 4.69) is 10.2 Å². The molecule has 1 saturated carbocycles. The molecule has 1 aliphatic heterocycles. The fourth-order valence-electron chi connectivity index (χ4n) is 3.86. The van der Waals surface area contributed by atoms with Crippen LogP contribution in [0.15, 0.2) is 24.3 Å². The first kappa shape index (κ1) is 17.2. The summed E-state index contributed by atoms with van der Waals surface area (Å²) >= 11 is 0. The van der Waals surface area contributed by atoms with Gasteiger partial charge in [-0.15, -0.1) is 0 Å². The van der Waals surface area contributed by atoms with Crippen LogP contribution in [0, 0.1) is 5.92 Å². The molecule has 2 aliphatic rings. The van der Waals surface area contributed by atoms with Gasteiger partial charge in [-0.2, -0.15) is 0 Å². The molecule has 1 unspecified atom stereocenters. The van der Waals surface area contributed by atoms with E-state index in [1.807, 2.05) is 31.3 Å². The summed E-state index contributed by atoms with van der Waals surface area (Å²) in [7, 11) is 2.03. The molecule has 1 aromatic rings. The van der Waals surface area contributed by atoms with Crippen molar-refractivity contribution in [3.05, 3.63) is 29.8 Å². The Labute approximate surface area is 144 Å². The van der Waals surface area contributed by atoms with Crippen LogP contribution in [0.25, 0.3) is 0 Å². The molecule has 132 valence electrons. The van der Waals surface area contributed by atoms with Gasteiger partial charge in [-0.25, -0.2) is 0 Å². The quantitative estimate of drug-likeness (QED) is 0.867. The Morgan fingerprint density at radius 3 is 2.75 bits per heavy atom. The molecule has 3 rings (SSSR count). The number of likely N-dealkylation sites (N-methyl/N-ethyl adjacent to an activating group) is 1. The highest BCUT2D eigenvalue weighted by atomic mass is 16.5. The number of amides is 1. The number of rotatable bonds is 5. The number of nitrogens with one attached hydrogen (secondary N) is 1. The average Bonchev–Trinajstić information content (AvgIpc) is 2.62. The Bertz CT molecular complexity index is 555. The SMILES string of the molecule is CN(CC(=O)NC1CCOc2ccccc21)C1CCC(CO)CC1. The van der Waals surface area contributed by atoms with Crippen molar-refractivity contribution in [3.63, 3.8) is 0 Å². The Balaban J connectivity index is 1.51. The van der Waals surface area contributed by atoms with Gasteiger partial charge < -0.3 is 15.2 Å². The zero-order valence-corrected chi connectivity index (χ0v) is 14.4. The van der Waals surface area contributed by atoms with Crippen molar-refractivity contribution in [1.29, 1.82) is 0 Å². The maximum absolute atomic E-state index is 12.5. The predicted molar refractivity (Wildman–Crippen MR) is 92.9 cm³/mol. The van der Waals surface area contributed by atoms with E-state index in [9.17, 15) is 9.90 Å². The molecule has 1 heterocycles.